The monoisotopic (exact) mass is 425 g/mol. The van der Waals surface area contributed by atoms with Crippen molar-refractivity contribution in [3.8, 4) is 0 Å². The predicted molar refractivity (Wildman–Crippen MR) is 120 cm³/mol. The Bertz CT molecular complexity index is 1070. The fourth-order valence-electron chi connectivity index (χ4n) is 4.20. The number of aromatic nitrogens is 2. The zero-order valence-electron chi connectivity index (χ0n) is 17.2. The molecule has 7 nitrogen and oxygen atoms in total. The van der Waals surface area contributed by atoms with Gasteiger partial charge in [-0.1, -0.05) is 37.3 Å². The molecular weight excluding hydrogens is 398 g/mol. The number of benzene rings is 1. The van der Waals surface area contributed by atoms with E-state index in [1.807, 2.05) is 46.3 Å². The van der Waals surface area contributed by atoms with Crippen LogP contribution < -0.4 is 11.3 Å². The number of nitrogens with two attached hydrogens (primary N) is 1. The van der Waals surface area contributed by atoms with Crippen LogP contribution in [-0.4, -0.2) is 58.0 Å². The van der Waals surface area contributed by atoms with E-state index >= 15 is 0 Å². The number of fused-ring (bicyclic) bond motifs is 1. The van der Waals surface area contributed by atoms with Gasteiger partial charge in [0.1, 0.15) is 10.7 Å². The van der Waals surface area contributed by atoms with Crippen molar-refractivity contribution in [3.05, 3.63) is 63.5 Å². The molecule has 0 aliphatic carbocycles. The molecule has 2 aromatic heterocycles. The normalized spacial score (nSPS) is 16.7. The molecule has 3 aromatic rings. The number of carbonyl (C=O) groups excluding carboxylic acids is 1. The highest BCUT2D eigenvalue weighted by Gasteiger charge is 2.28. The Morgan fingerprint density at radius 1 is 1.17 bits per heavy atom. The lowest BCUT2D eigenvalue weighted by molar-refractivity contribution is -0.119. The lowest BCUT2D eigenvalue weighted by Gasteiger charge is -2.38. The molecule has 158 valence electrons. The summed E-state index contributed by atoms with van der Waals surface area (Å²) < 4.78 is 1.84. The zero-order valence-corrected chi connectivity index (χ0v) is 18.0. The van der Waals surface area contributed by atoms with Gasteiger partial charge in [0.2, 0.25) is 5.91 Å². The molecule has 2 N–H and O–H groups in total. The quantitative estimate of drug-likeness (QED) is 0.626. The van der Waals surface area contributed by atoms with Gasteiger partial charge in [-0.2, -0.15) is 0 Å². The maximum Gasteiger partial charge on any atom is 0.262 e. The Kier molecular flexibility index (Phi) is 6.26. The minimum absolute atomic E-state index is 0.0194. The van der Waals surface area contributed by atoms with Gasteiger partial charge >= 0.3 is 0 Å². The van der Waals surface area contributed by atoms with Crippen LogP contribution in [0.1, 0.15) is 30.8 Å². The fraction of sp³-hybridized carbons (Fsp3) is 0.409. The van der Waals surface area contributed by atoms with Crippen LogP contribution in [0.2, 0.25) is 0 Å². The number of hydrogen-bond acceptors (Lipinski definition) is 6. The second kappa shape index (κ2) is 9.07. The summed E-state index contributed by atoms with van der Waals surface area (Å²) in [5.41, 5.74) is 6.45. The van der Waals surface area contributed by atoms with E-state index in [-0.39, 0.29) is 17.5 Å². The van der Waals surface area contributed by atoms with E-state index in [1.165, 1.54) is 11.3 Å². The third kappa shape index (κ3) is 4.30. The average Bonchev–Trinajstić information content (AvgIpc) is 3.22. The number of primary amides is 1. The lowest BCUT2D eigenvalue weighted by atomic mass is 10.1. The molecule has 30 heavy (non-hydrogen) atoms. The van der Waals surface area contributed by atoms with Crippen molar-refractivity contribution in [2.45, 2.75) is 25.9 Å². The molecule has 3 heterocycles. The number of rotatable bonds is 7. The molecule has 1 unspecified atom stereocenters. The van der Waals surface area contributed by atoms with E-state index < -0.39 is 0 Å². The zero-order chi connectivity index (χ0) is 21.1. The summed E-state index contributed by atoms with van der Waals surface area (Å²) in [5, 5.41) is 2.61. The third-order valence-electron chi connectivity index (χ3n) is 5.71. The van der Waals surface area contributed by atoms with E-state index in [9.17, 15) is 9.59 Å². The number of nitrogens with zero attached hydrogens (tertiary/aromatic N) is 4. The van der Waals surface area contributed by atoms with E-state index in [1.54, 1.807) is 0 Å². The lowest BCUT2D eigenvalue weighted by Crippen LogP contribution is -2.50. The van der Waals surface area contributed by atoms with Crippen molar-refractivity contribution in [1.29, 1.82) is 0 Å². The van der Waals surface area contributed by atoms with Crippen molar-refractivity contribution >= 4 is 27.5 Å². The summed E-state index contributed by atoms with van der Waals surface area (Å²) in [7, 11) is 0. The molecule has 1 amide bonds. The minimum Gasteiger partial charge on any atom is -0.369 e. The van der Waals surface area contributed by atoms with Crippen molar-refractivity contribution < 1.29 is 4.79 Å². The third-order valence-corrected chi connectivity index (χ3v) is 6.51. The highest BCUT2D eigenvalue weighted by atomic mass is 32.1. The summed E-state index contributed by atoms with van der Waals surface area (Å²) in [6.07, 6.45) is 0.855. The molecule has 0 bridgehead atoms. The van der Waals surface area contributed by atoms with Crippen molar-refractivity contribution in [2.75, 3.05) is 32.7 Å². The van der Waals surface area contributed by atoms with Crippen LogP contribution in [0.5, 0.6) is 0 Å². The van der Waals surface area contributed by atoms with Crippen LogP contribution in [0.15, 0.2) is 46.6 Å². The van der Waals surface area contributed by atoms with Crippen LogP contribution in [-0.2, 0) is 11.3 Å². The maximum atomic E-state index is 13.3. The number of piperazine rings is 1. The summed E-state index contributed by atoms with van der Waals surface area (Å²) in [6, 6.07) is 12.0. The predicted octanol–water partition coefficient (Wildman–Crippen LogP) is 2.06. The van der Waals surface area contributed by atoms with Crippen LogP contribution >= 0.6 is 11.3 Å². The van der Waals surface area contributed by atoms with Crippen LogP contribution in [0.4, 0.5) is 0 Å². The second-order valence-electron chi connectivity index (χ2n) is 7.69. The average molecular weight is 426 g/mol. The second-order valence-corrected chi connectivity index (χ2v) is 8.58. The molecule has 0 radical (unpaired) electrons. The van der Waals surface area contributed by atoms with Gasteiger partial charge in [0.15, 0.2) is 0 Å². The highest BCUT2D eigenvalue weighted by molar-refractivity contribution is 7.16. The molecule has 1 aliphatic heterocycles. The Balaban J connectivity index is 1.68. The molecule has 4 rings (SSSR count). The van der Waals surface area contributed by atoms with Gasteiger partial charge in [-0.05, 0) is 23.4 Å². The van der Waals surface area contributed by atoms with Gasteiger partial charge in [0.05, 0.1) is 24.5 Å². The van der Waals surface area contributed by atoms with Crippen molar-refractivity contribution in [1.82, 2.24) is 19.4 Å². The van der Waals surface area contributed by atoms with Crippen LogP contribution in [0.3, 0.4) is 0 Å². The molecular formula is C22H27N5O2S. The fourth-order valence-corrected chi connectivity index (χ4v) is 4.96. The van der Waals surface area contributed by atoms with E-state index in [0.717, 1.165) is 48.8 Å². The van der Waals surface area contributed by atoms with E-state index in [2.05, 4.69) is 16.7 Å². The van der Waals surface area contributed by atoms with Gasteiger partial charge < -0.3 is 5.73 Å². The number of hydrogen-bond donors (Lipinski definition) is 1. The first-order chi connectivity index (χ1) is 14.6. The largest absolute Gasteiger partial charge is 0.369 e. The number of carbonyl (C=O) groups is 1. The van der Waals surface area contributed by atoms with Gasteiger partial charge in [0.25, 0.3) is 5.56 Å². The molecule has 8 heteroatoms. The van der Waals surface area contributed by atoms with Gasteiger partial charge in [-0.15, -0.1) is 11.3 Å². The molecule has 1 atom stereocenters. The summed E-state index contributed by atoms with van der Waals surface area (Å²) in [5.74, 6) is 0.529. The first-order valence-corrected chi connectivity index (χ1v) is 11.2. The first-order valence-electron chi connectivity index (χ1n) is 10.3. The van der Waals surface area contributed by atoms with Gasteiger partial charge in [0, 0.05) is 26.2 Å². The van der Waals surface area contributed by atoms with Crippen LogP contribution in [0.25, 0.3) is 10.2 Å². The summed E-state index contributed by atoms with van der Waals surface area (Å²) >= 11 is 1.51. The van der Waals surface area contributed by atoms with Gasteiger partial charge in [-0.3, -0.25) is 24.0 Å². The number of amides is 1. The van der Waals surface area contributed by atoms with Gasteiger partial charge in [-0.25, -0.2) is 4.98 Å². The first kappa shape index (κ1) is 20.7. The SMILES string of the molecule is CCC(c1nc2sccc2c(=O)n1Cc1ccccc1)N1CCN(CC(N)=O)CC1. The van der Waals surface area contributed by atoms with Crippen LogP contribution in [0, 0.1) is 0 Å². The van der Waals surface area contributed by atoms with Crippen molar-refractivity contribution in [2.24, 2.45) is 5.73 Å². The minimum atomic E-state index is -0.294. The molecule has 1 fully saturated rings. The van der Waals surface area contributed by atoms with Crippen molar-refractivity contribution in [3.63, 3.8) is 0 Å². The summed E-state index contributed by atoms with van der Waals surface area (Å²) in [6.45, 7) is 6.13. The Labute approximate surface area is 179 Å². The topological polar surface area (TPSA) is 84.5 Å². The molecule has 0 saturated carbocycles. The Morgan fingerprint density at radius 2 is 1.90 bits per heavy atom. The Morgan fingerprint density at radius 3 is 2.57 bits per heavy atom. The molecule has 0 spiro atoms. The highest BCUT2D eigenvalue weighted by Crippen LogP contribution is 2.26. The number of thiophene rings is 1. The molecule has 1 aliphatic rings. The van der Waals surface area contributed by atoms with E-state index in [4.69, 9.17) is 10.7 Å². The smallest absolute Gasteiger partial charge is 0.262 e. The summed E-state index contributed by atoms with van der Waals surface area (Å²) in [4.78, 5) is 34.8. The molecule has 1 aromatic carbocycles. The maximum absolute atomic E-state index is 13.3. The van der Waals surface area contributed by atoms with E-state index in [0.29, 0.717) is 18.5 Å². The Hall–Kier alpha value is -2.55. The molecule has 1 saturated heterocycles. The standard InChI is InChI=1S/C22H27N5O2S/c1-2-18(26-11-9-25(10-12-26)15-19(23)28)20-24-21-17(8-13-30-21)22(29)27(20)14-16-6-4-3-5-7-16/h3-8,13,18H,2,9-12,14-15H2,1H3,(H2,23,28).